The predicted molar refractivity (Wildman–Crippen MR) is 66.3 cm³/mol. The first-order valence-electron chi connectivity index (χ1n) is 5.78. The molecule has 96 valence electrons. The highest BCUT2D eigenvalue weighted by atomic mass is 32.2. The highest BCUT2D eigenvalue weighted by Gasteiger charge is 2.21. The summed E-state index contributed by atoms with van der Waals surface area (Å²) in [5.74, 6) is 0.127. The van der Waals surface area contributed by atoms with Crippen LogP contribution in [-0.2, 0) is 17.1 Å². The highest BCUT2D eigenvalue weighted by Crippen LogP contribution is 2.12. The normalized spacial score (nSPS) is 21.4. The molecule has 2 rings (SSSR count). The lowest BCUT2D eigenvalue weighted by molar-refractivity contribution is 0.424. The third-order valence-electron chi connectivity index (χ3n) is 2.81. The molecule has 0 bridgehead atoms. The molecule has 2 N–H and O–H groups in total. The average molecular weight is 258 g/mol. The number of rotatable bonds is 4. The van der Waals surface area contributed by atoms with Crippen LogP contribution in [0.15, 0.2) is 12.4 Å². The average Bonchev–Trinajstić information content (AvgIpc) is 2.63. The Morgan fingerprint density at radius 3 is 3.00 bits per heavy atom. The van der Waals surface area contributed by atoms with Crippen molar-refractivity contribution >= 4 is 15.7 Å². The van der Waals surface area contributed by atoms with Crippen LogP contribution >= 0.6 is 0 Å². The number of hydrogen-bond donors (Lipinski definition) is 2. The number of hydrogen-bond acceptors (Lipinski definition) is 4. The summed E-state index contributed by atoms with van der Waals surface area (Å²) in [6.45, 7) is 0.910. The van der Waals surface area contributed by atoms with Crippen molar-refractivity contribution < 1.29 is 8.42 Å². The van der Waals surface area contributed by atoms with Crippen molar-refractivity contribution in [2.75, 3.05) is 17.0 Å². The fraction of sp³-hybridized carbons (Fsp3) is 0.700. The van der Waals surface area contributed by atoms with Gasteiger partial charge in [-0.05, 0) is 19.4 Å². The first kappa shape index (κ1) is 12.4. The first-order chi connectivity index (χ1) is 8.05. The fourth-order valence-electron chi connectivity index (χ4n) is 2.03. The zero-order chi connectivity index (χ0) is 12.3. The van der Waals surface area contributed by atoms with Crippen LogP contribution in [0.1, 0.15) is 19.3 Å². The van der Waals surface area contributed by atoms with Gasteiger partial charge in [0.2, 0.25) is 10.0 Å². The minimum Gasteiger partial charge on any atom is -0.313 e. The summed E-state index contributed by atoms with van der Waals surface area (Å²) < 4.78 is 27.9. The predicted octanol–water partition coefficient (Wildman–Crippen LogP) is 0.304. The Balaban J connectivity index is 1.94. The van der Waals surface area contributed by atoms with Gasteiger partial charge in [-0.25, -0.2) is 8.42 Å². The van der Waals surface area contributed by atoms with Gasteiger partial charge < -0.3 is 5.32 Å². The molecule has 0 aromatic carbocycles. The summed E-state index contributed by atoms with van der Waals surface area (Å²) in [5.41, 5.74) is 0.517. The van der Waals surface area contributed by atoms with Gasteiger partial charge in [-0.3, -0.25) is 9.40 Å². The van der Waals surface area contributed by atoms with Crippen LogP contribution in [0.4, 0.5) is 5.69 Å². The molecule has 1 aliphatic heterocycles. The maximum atomic E-state index is 11.9. The van der Waals surface area contributed by atoms with Gasteiger partial charge >= 0.3 is 0 Å². The quantitative estimate of drug-likeness (QED) is 0.814. The number of sulfonamides is 1. The van der Waals surface area contributed by atoms with Crippen LogP contribution in [0.25, 0.3) is 0 Å². The minimum atomic E-state index is -3.29. The lowest BCUT2D eigenvalue weighted by Crippen LogP contribution is -2.40. The van der Waals surface area contributed by atoms with Gasteiger partial charge in [0.15, 0.2) is 0 Å². The molecule has 1 aromatic heterocycles. The van der Waals surface area contributed by atoms with Crippen molar-refractivity contribution in [2.45, 2.75) is 25.3 Å². The standard InChI is InChI=1S/C10H18N4O2S/c1-14-7-10(6-12-14)13-17(15,16)8-9-4-2-3-5-11-9/h6-7,9,11,13H,2-5,8H2,1H3. The summed E-state index contributed by atoms with van der Waals surface area (Å²) in [5, 5.41) is 7.15. The molecule has 0 spiro atoms. The number of nitrogens with one attached hydrogen (secondary N) is 2. The van der Waals surface area contributed by atoms with Gasteiger partial charge in [0, 0.05) is 19.3 Å². The van der Waals surface area contributed by atoms with Crippen molar-refractivity contribution in [1.82, 2.24) is 15.1 Å². The molecular weight excluding hydrogens is 240 g/mol. The van der Waals surface area contributed by atoms with E-state index in [1.54, 1.807) is 17.9 Å². The molecule has 2 heterocycles. The van der Waals surface area contributed by atoms with E-state index in [9.17, 15) is 8.42 Å². The minimum absolute atomic E-state index is 0.0675. The van der Waals surface area contributed by atoms with Crippen molar-refractivity contribution in [3.8, 4) is 0 Å². The molecule has 0 radical (unpaired) electrons. The van der Waals surface area contributed by atoms with E-state index in [1.165, 1.54) is 6.20 Å². The monoisotopic (exact) mass is 258 g/mol. The molecule has 1 unspecified atom stereocenters. The SMILES string of the molecule is Cn1cc(NS(=O)(=O)CC2CCCCN2)cn1. The van der Waals surface area contributed by atoms with Crippen LogP contribution in [0.3, 0.4) is 0 Å². The Morgan fingerprint density at radius 2 is 2.41 bits per heavy atom. The zero-order valence-electron chi connectivity index (χ0n) is 9.89. The number of anilines is 1. The summed E-state index contributed by atoms with van der Waals surface area (Å²) in [4.78, 5) is 0. The smallest absolute Gasteiger partial charge is 0.234 e. The van der Waals surface area contributed by atoms with E-state index < -0.39 is 10.0 Å². The molecule has 1 fully saturated rings. The number of nitrogens with zero attached hydrogens (tertiary/aromatic N) is 2. The van der Waals surface area contributed by atoms with Crippen molar-refractivity contribution in [3.63, 3.8) is 0 Å². The second-order valence-corrected chi connectivity index (χ2v) is 6.20. The van der Waals surface area contributed by atoms with Crippen molar-refractivity contribution in [2.24, 2.45) is 7.05 Å². The van der Waals surface area contributed by atoms with E-state index in [1.807, 2.05) is 0 Å². The third kappa shape index (κ3) is 3.71. The molecule has 6 nitrogen and oxygen atoms in total. The first-order valence-corrected chi connectivity index (χ1v) is 7.43. The Kier molecular flexibility index (Phi) is 3.68. The number of aryl methyl sites for hydroxylation is 1. The topological polar surface area (TPSA) is 76.0 Å². The Labute approximate surface area is 101 Å². The van der Waals surface area contributed by atoms with E-state index in [2.05, 4.69) is 15.1 Å². The van der Waals surface area contributed by atoms with E-state index in [0.717, 1.165) is 25.8 Å². The summed E-state index contributed by atoms with van der Waals surface area (Å²) in [6.07, 6.45) is 6.30. The maximum absolute atomic E-state index is 11.9. The molecule has 0 aliphatic carbocycles. The molecule has 1 atom stereocenters. The van der Waals surface area contributed by atoms with Gasteiger partial charge in [0.25, 0.3) is 0 Å². The Bertz CT molecular complexity index is 462. The van der Waals surface area contributed by atoms with Gasteiger partial charge in [0.05, 0.1) is 17.6 Å². The second kappa shape index (κ2) is 5.05. The van der Waals surface area contributed by atoms with Crippen LogP contribution in [0.2, 0.25) is 0 Å². The highest BCUT2D eigenvalue weighted by molar-refractivity contribution is 7.92. The molecule has 0 amide bonds. The lowest BCUT2D eigenvalue weighted by Gasteiger charge is -2.23. The van der Waals surface area contributed by atoms with Gasteiger partial charge in [0.1, 0.15) is 0 Å². The Morgan fingerprint density at radius 1 is 1.59 bits per heavy atom. The molecular formula is C10H18N4O2S. The van der Waals surface area contributed by atoms with Crippen LogP contribution in [-0.4, -0.2) is 36.5 Å². The molecule has 1 aliphatic rings. The van der Waals surface area contributed by atoms with Crippen molar-refractivity contribution in [3.05, 3.63) is 12.4 Å². The summed E-state index contributed by atoms with van der Waals surface area (Å²) >= 11 is 0. The van der Waals surface area contributed by atoms with Crippen LogP contribution < -0.4 is 10.0 Å². The molecule has 0 saturated carbocycles. The van der Waals surface area contributed by atoms with E-state index in [0.29, 0.717) is 5.69 Å². The zero-order valence-corrected chi connectivity index (χ0v) is 10.7. The van der Waals surface area contributed by atoms with Crippen LogP contribution in [0, 0.1) is 0 Å². The summed E-state index contributed by atoms with van der Waals surface area (Å²) in [6, 6.07) is 0.0675. The second-order valence-electron chi connectivity index (χ2n) is 4.43. The largest absolute Gasteiger partial charge is 0.313 e. The number of aromatic nitrogens is 2. The third-order valence-corrected chi connectivity index (χ3v) is 4.20. The molecule has 1 saturated heterocycles. The van der Waals surface area contributed by atoms with Crippen LogP contribution in [0.5, 0.6) is 0 Å². The molecule has 17 heavy (non-hydrogen) atoms. The molecule has 7 heteroatoms. The van der Waals surface area contributed by atoms with Gasteiger partial charge in [-0.15, -0.1) is 0 Å². The lowest BCUT2D eigenvalue weighted by atomic mass is 10.1. The van der Waals surface area contributed by atoms with E-state index in [-0.39, 0.29) is 11.8 Å². The summed E-state index contributed by atoms with van der Waals surface area (Å²) in [7, 11) is -1.54. The van der Waals surface area contributed by atoms with E-state index >= 15 is 0 Å². The Hall–Kier alpha value is -1.08. The van der Waals surface area contributed by atoms with Crippen molar-refractivity contribution in [1.29, 1.82) is 0 Å². The maximum Gasteiger partial charge on any atom is 0.234 e. The molecule has 1 aromatic rings. The van der Waals surface area contributed by atoms with E-state index in [4.69, 9.17) is 0 Å². The number of piperidine rings is 1. The fourth-order valence-corrected chi connectivity index (χ4v) is 3.39. The van der Waals surface area contributed by atoms with Gasteiger partial charge in [-0.1, -0.05) is 6.42 Å². The van der Waals surface area contributed by atoms with Gasteiger partial charge in [-0.2, -0.15) is 5.10 Å².